The molecule has 2 heterocycles. The highest BCUT2D eigenvalue weighted by molar-refractivity contribution is 6.05. The minimum Gasteiger partial charge on any atom is -0.324 e. The standard InChI is InChI=1S/C15H17N3O3.ClH/c1-8(16)9-2-3-11-10(6-9)7-18(15(11)21)12-4-5-13(19)17-14(12)20;/h2-3,6,8,12H,4-5,7,16H2,1H3,(H,17,19,20);1H/t8-,12?;/m1./s1. The summed E-state index contributed by atoms with van der Waals surface area (Å²) < 4.78 is 0. The molecule has 0 spiro atoms. The van der Waals surface area contributed by atoms with Crippen molar-refractivity contribution >= 4 is 30.1 Å². The number of halogens is 1. The molecule has 0 radical (unpaired) electrons. The van der Waals surface area contributed by atoms with E-state index in [0.29, 0.717) is 18.5 Å². The van der Waals surface area contributed by atoms with Crippen molar-refractivity contribution in [1.82, 2.24) is 10.2 Å². The molecule has 0 aliphatic carbocycles. The molecule has 0 saturated carbocycles. The van der Waals surface area contributed by atoms with Crippen LogP contribution < -0.4 is 11.1 Å². The molecule has 118 valence electrons. The molecule has 22 heavy (non-hydrogen) atoms. The smallest absolute Gasteiger partial charge is 0.255 e. The molecule has 6 nitrogen and oxygen atoms in total. The Morgan fingerprint density at radius 3 is 2.68 bits per heavy atom. The first-order chi connectivity index (χ1) is 9.97. The Bertz CT molecular complexity index is 645. The van der Waals surface area contributed by atoms with Crippen molar-refractivity contribution in [3.05, 3.63) is 34.9 Å². The molecule has 2 atom stereocenters. The largest absolute Gasteiger partial charge is 0.324 e. The van der Waals surface area contributed by atoms with Crippen LogP contribution in [0.25, 0.3) is 0 Å². The normalized spacial score (nSPS) is 22.0. The van der Waals surface area contributed by atoms with E-state index < -0.39 is 6.04 Å². The number of piperidine rings is 1. The molecular weight excluding hydrogens is 306 g/mol. The van der Waals surface area contributed by atoms with Gasteiger partial charge in [0.25, 0.3) is 5.91 Å². The number of nitrogens with zero attached hydrogens (tertiary/aromatic N) is 1. The quantitative estimate of drug-likeness (QED) is 0.790. The Kier molecular flexibility index (Phi) is 4.53. The summed E-state index contributed by atoms with van der Waals surface area (Å²) in [7, 11) is 0. The summed E-state index contributed by atoms with van der Waals surface area (Å²) in [6.45, 7) is 2.28. The van der Waals surface area contributed by atoms with Gasteiger partial charge in [-0.1, -0.05) is 12.1 Å². The van der Waals surface area contributed by atoms with Crippen molar-refractivity contribution in [3.63, 3.8) is 0 Å². The van der Waals surface area contributed by atoms with E-state index in [4.69, 9.17) is 5.73 Å². The maximum atomic E-state index is 12.4. The molecule has 3 N–H and O–H groups in total. The third kappa shape index (κ3) is 2.71. The molecule has 0 aromatic heterocycles. The number of nitrogens with one attached hydrogen (secondary N) is 1. The zero-order chi connectivity index (χ0) is 15.1. The van der Waals surface area contributed by atoms with Crippen LogP contribution >= 0.6 is 12.4 Å². The SMILES string of the molecule is C[C@@H](N)c1ccc2c(c1)CN(C1CCC(=O)NC1=O)C2=O.Cl. The average Bonchev–Trinajstić information content (AvgIpc) is 2.75. The van der Waals surface area contributed by atoms with Crippen molar-refractivity contribution in [2.75, 3.05) is 0 Å². The molecule has 7 heteroatoms. The van der Waals surface area contributed by atoms with Gasteiger partial charge in [-0.05, 0) is 30.5 Å². The first kappa shape index (κ1) is 16.5. The number of nitrogens with two attached hydrogens (primary N) is 1. The van der Waals surface area contributed by atoms with Gasteiger partial charge in [0, 0.05) is 24.6 Å². The first-order valence-corrected chi connectivity index (χ1v) is 7.00. The van der Waals surface area contributed by atoms with Crippen LogP contribution in [0.15, 0.2) is 18.2 Å². The van der Waals surface area contributed by atoms with E-state index in [9.17, 15) is 14.4 Å². The Labute approximate surface area is 134 Å². The minimum atomic E-state index is -0.568. The highest BCUT2D eigenvalue weighted by atomic mass is 35.5. The van der Waals surface area contributed by atoms with Crippen LogP contribution in [-0.2, 0) is 16.1 Å². The van der Waals surface area contributed by atoms with Crippen LogP contribution in [0.1, 0.15) is 47.3 Å². The predicted octanol–water partition coefficient (Wildman–Crippen LogP) is 0.889. The number of amides is 3. The predicted molar refractivity (Wildman–Crippen MR) is 82.3 cm³/mol. The molecule has 1 aromatic rings. The van der Waals surface area contributed by atoms with Gasteiger partial charge in [-0.25, -0.2) is 0 Å². The second-order valence-electron chi connectivity index (χ2n) is 5.61. The summed E-state index contributed by atoms with van der Waals surface area (Å²) in [5.41, 5.74) is 8.32. The number of carbonyl (C=O) groups is 3. The van der Waals surface area contributed by atoms with Crippen molar-refractivity contribution in [3.8, 4) is 0 Å². The number of hydrogen-bond donors (Lipinski definition) is 2. The number of hydrogen-bond acceptors (Lipinski definition) is 4. The van der Waals surface area contributed by atoms with Crippen molar-refractivity contribution < 1.29 is 14.4 Å². The maximum absolute atomic E-state index is 12.4. The fourth-order valence-corrected chi connectivity index (χ4v) is 2.88. The van der Waals surface area contributed by atoms with E-state index in [1.54, 1.807) is 6.07 Å². The highest BCUT2D eigenvalue weighted by Gasteiger charge is 2.39. The van der Waals surface area contributed by atoms with Crippen LogP contribution in [0.4, 0.5) is 0 Å². The van der Waals surface area contributed by atoms with Crippen molar-refractivity contribution in [1.29, 1.82) is 0 Å². The minimum absolute atomic E-state index is 0. The summed E-state index contributed by atoms with van der Waals surface area (Å²) in [5, 5.41) is 2.29. The number of benzene rings is 1. The Hall–Kier alpha value is -1.92. The van der Waals surface area contributed by atoms with E-state index in [1.165, 1.54) is 4.90 Å². The van der Waals surface area contributed by atoms with Gasteiger partial charge in [-0.3, -0.25) is 19.7 Å². The molecule has 1 saturated heterocycles. The monoisotopic (exact) mass is 323 g/mol. The Morgan fingerprint density at radius 1 is 1.32 bits per heavy atom. The van der Waals surface area contributed by atoms with E-state index in [2.05, 4.69) is 5.32 Å². The average molecular weight is 324 g/mol. The van der Waals surface area contributed by atoms with Gasteiger partial charge in [-0.2, -0.15) is 0 Å². The van der Waals surface area contributed by atoms with Gasteiger partial charge in [0.05, 0.1) is 0 Å². The first-order valence-electron chi connectivity index (χ1n) is 7.00. The Balaban J connectivity index is 0.00000176. The zero-order valence-electron chi connectivity index (χ0n) is 12.2. The molecule has 1 fully saturated rings. The second kappa shape index (κ2) is 6.06. The lowest BCUT2D eigenvalue weighted by Gasteiger charge is -2.29. The third-order valence-electron chi connectivity index (χ3n) is 4.07. The maximum Gasteiger partial charge on any atom is 0.255 e. The van der Waals surface area contributed by atoms with Crippen LogP contribution in [0.3, 0.4) is 0 Å². The number of fused-ring (bicyclic) bond motifs is 1. The molecule has 3 rings (SSSR count). The summed E-state index contributed by atoms with van der Waals surface area (Å²) in [5.74, 6) is -0.824. The van der Waals surface area contributed by atoms with Crippen LogP contribution in [0.2, 0.25) is 0 Å². The summed E-state index contributed by atoms with van der Waals surface area (Å²) in [4.78, 5) is 37.1. The van der Waals surface area contributed by atoms with Gasteiger partial charge in [0.2, 0.25) is 11.8 Å². The van der Waals surface area contributed by atoms with E-state index >= 15 is 0 Å². The molecule has 2 aliphatic rings. The lowest BCUT2D eigenvalue weighted by molar-refractivity contribution is -0.136. The number of rotatable bonds is 2. The molecule has 1 unspecified atom stereocenters. The fourth-order valence-electron chi connectivity index (χ4n) is 2.88. The van der Waals surface area contributed by atoms with Crippen LogP contribution in [0, 0.1) is 0 Å². The lowest BCUT2D eigenvalue weighted by Crippen LogP contribution is -2.52. The van der Waals surface area contributed by atoms with E-state index in [0.717, 1.165) is 11.1 Å². The van der Waals surface area contributed by atoms with Crippen LogP contribution in [0.5, 0.6) is 0 Å². The fraction of sp³-hybridized carbons (Fsp3) is 0.400. The molecule has 3 amide bonds. The highest BCUT2D eigenvalue weighted by Crippen LogP contribution is 2.29. The number of carbonyl (C=O) groups excluding carboxylic acids is 3. The summed E-state index contributed by atoms with van der Waals surface area (Å²) >= 11 is 0. The summed E-state index contributed by atoms with van der Waals surface area (Å²) in [6.07, 6.45) is 0.645. The molecule has 2 aliphatic heterocycles. The number of imide groups is 1. The molecular formula is C15H18ClN3O3. The van der Waals surface area contributed by atoms with Gasteiger partial charge < -0.3 is 10.6 Å². The van der Waals surface area contributed by atoms with Crippen molar-refractivity contribution in [2.24, 2.45) is 5.73 Å². The zero-order valence-corrected chi connectivity index (χ0v) is 13.0. The van der Waals surface area contributed by atoms with E-state index in [-0.39, 0.29) is 42.6 Å². The van der Waals surface area contributed by atoms with E-state index in [1.807, 2.05) is 19.1 Å². The van der Waals surface area contributed by atoms with Crippen molar-refractivity contribution in [2.45, 2.75) is 38.4 Å². The van der Waals surface area contributed by atoms with Gasteiger partial charge in [-0.15, -0.1) is 12.4 Å². The third-order valence-corrected chi connectivity index (χ3v) is 4.07. The Morgan fingerprint density at radius 2 is 2.05 bits per heavy atom. The molecule has 1 aromatic carbocycles. The lowest BCUT2D eigenvalue weighted by atomic mass is 10.0. The van der Waals surface area contributed by atoms with Gasteiger partial charge in [0.15, 0.2) is 0 Å². The van der Waals surface area contributed by atoms with Gasteiger partial charge in [0.1, 0.15) is 6.04 Å². The van der Waals surface area contributed by atoms with Crippen LogP contribution in [-0.4, -0.2) is 28.7 Å². The summed E-state index contributed by atoms with van der Waals surface area (Å²) in [6, 6.07) is 4.86. The second-order valence-corrected chi connectivity index (χ2v) is 5.61. The van der Waals surface area contributed by atoms with Gasteiger partial charge >= 0.3 is 0 Å². The molecule has 0 bridgehead atoms. The topological polar surface area (TPSA) is 92.5 Å².